The van der Waals surface area contributed by atoms with Crippen LogP contribution in [0.25, 0.3) is 0 Å². The summed E-state index contributed by atoms with van der Waals surface area (Å²) in [5, 5.41) is 10.7. The number of unbranched alkanes of at least 4 members (excludes halogenated alkanes) is 64. The first-order valence-electron chi connectivity index (χ1n) is 47.6. The number of hydrogen-bond donors (Lipinski definition) is 3. The number of carbonyl (C=O) groups excluding carboxylic acids is 4. The third-order valence-corrected chi connectivity index (χ3v) is 23.7. The molecule has 0 amide bonds. The van der Waals surface area contributed by atoms with Gasteiger partial charge in [0.25, 0.3) is 0 Å². The molecule has 2 unspecified atom stereocenters. The molecular weight excluding hydrogens is 1440 g/mol. The highest BCUT2D eigenvalue weighted by Gasteiger charge is 2.31. The predicted octanol–water partition coefficient (Wildman–Crippen LogP) is 28.7. The van der Waals surface area contributed by atoms with Crippen LogP contribution >= 0.6 is 15.6 Å². The Labute approximate surface area is 683 Å². The van der Waals surface area contributed by atoms with Crippen molar-refractivity contribution in [1.29, 1.82) is 0 Å². The fraction of sp³-hybridized carbons (Fsp3) is 0.957. The van der Waals surface area contributed by atoms with E-state index in [1.54, 1.807) is 0 Å². The normalized spacial score (nSPS) is 13.7. The Morgan fingerprint density at radius 3 is 0.613 bits per heavy atom. The molecule has 5 atom stereocenters. The van der Waals surface area contributed by atoms with Gasteiger partial charge in [-0.25, -0.2) is 9.13 Å². The number of aliphatic hydroxyl groups is 1. The van der Waals surface area contributed by atoms with E-state index in [2.05, 4.69) is 34.6 Å². The van der Waals surface area contributed by atoms with Crippen LogP contribution in [0.5, 0.6) is 0 Å². The Balaban J connectivity index is 5.20. The van der Waals surface area contributed by atoms with E-state index in [1.165, 1.54) is 321 Å². The van der Waals surface area contributed by atoms with Crippen molar-refractivity contribution < 1.29 is 80.2 Å². The summed E-state index contributed by atoms with van der Waals surface area (Å²) >= 11 is 0. The molecule has 0 saturated heterocycles. The largest absolute Gasteiger partial charge is 0.472 e. The Hall–Kier alpha value is -1.94. The average molecular weight is 1620 g/mol. The van der Waals surface area contributed by atoms with Gasteiger partial charge >= 0.3 is 39.5 Å². The zero-order valence-corrected chi connectivity index (χ0v) is 74.9. The summed E-state index contributed by atoms with van der Waals surface area (Å²) in [5.74, 6) is -1.39. The highest BCUT2D eigenvalue weighted by atomic mass is 31.2. The molecular formula is C92H180O17P2. The zero-order chi connectivity index (χ0) is 81.1. The minimum Gasteiger partial charge on any atom is -0.462 e. The lowest BCUT2D eigenvalue weighted by atomic mass is 10.0. The molecule has 0 aliphatic rings. The first-order valence-corrected chi connectivity index (χ1v) is 50.6. The lowest BCUT2D eigenvalue weighted by Crippen LogP contribution is -2.30. The van der Waals surface area contributed by atoms with Crippen molar-refractivity contribution in [1.82, 2.24) is 0 Å². The van der Waals surface area contributed by atoms with Gasteiger partial charge in [-0.2, -0.15) is 0 Å². The maximum atomic E-state index is 13.2. The lowest BCUT2D eigenvalue weighted by molar-refractivity contribution is -0.161. The van der Waals surface area contributed by atoms with Gasteiger partial charge in [-0.05, 0) is 31.6 Å². The third kappa shape index (κ3) is 85.8. The van der Waals surface area contributed by atoms with E-state index in [1.807, 2.05) is 0 Å². The first-order chi connectivity index (χ1) is 54.0. The number of ether oxygens (including phenoxy) is 4. The monoisotopic (exact) mass is 1620 g/mol. The Bertz CT molecular complexity index is 2100. The fourth-order valence-corrected chi connectivity index (χ4v) is 16.1. The van der Waals surface area contributed by atoms with E-state index in [9.17, 15) is 43.2 Å². The van der Waals surface area contributed by atoms with Gasteiger partial charge in [-0.15, -0.1) is 0 Å². The zero-order valence-electron chi connectivity index (χ0n) is 73.1. The molecule has 17 nitrogen and oxygen atoms in total. The average Bonchev–Trinajstić information content (AvgIpc) is 0.898. The molecule has 0 radical (unpaired) electrons. The van der Waals surface area contributed by atoms with Crippen LogP contribution in [0.3, 0.4) is 0 Å². The molecule has 3 N–H and O–H groups in total. The maximum Gasteiger partial charge on any atom is 0.472 e. The summed E-state index contributed by atoms with van der Waals surface area (Å²) < 4.78 is 69.1. The number of carbonyl (C=O) groups is 4. The van der Waals surface area contributed by atoms with Crippen molar-refractivity contribution in [2.75, 3.05) is 39.6 Å². The quantitative estimate of drug-likeness (QED) is 0.0222. The molecule has 0 saturated carbocycles. The minimum atomic E-state index is -4.97. The Morgan fingerprint density at radius 1 is 0.243 bits per heavy atom. The van der Waals surface area contributed by atoms with Crippen LogP contribution in [0.1, 0.15) is 503 Å². The summed E-state index contributed by atoms with van der Waals surface area (Å²) in [5.41, 5.74) is 0. The summed E-state index contributed by atoms with van der Waals surface area (Å²) in [7, 11) is -9.93. The fourth-order valence-electron chi connectivity index (χ4n) is 14.5. The van der Waals surface area contributed by atoms with Crippen molar-refractivity contribution in [3.05, 3.63) is 0 Å². The molecule has 0 rings (SSSR count). The van der Waals surface area contributed by atoms with E-state index < -0.39 is 97.5 Å². The van der Waals surface area contributed by atoms with Crippen LogP contribution in [0.2, 0.25) is 0 Å². The van der Waals surface area contributed by atoms with Crippen LogP contribution < -0.4 is 0 Å². The van der Waals surface area contributed by atoms with Crippen LogP contribution in [0.4, 0.5) is 0 Å². The lowest BCUT2D eigenvalue weighted by Gasteiger charge is -2.21. The molecule has 19 heteroatoms. The predicted molar refractivity (Wildman–Crippen MR) is 460 cm³/mol. The van der Waals surface area contributed by atoms with Gasteiger partial charge in [0.2, 0.25) is 0 Å². The van der Waals surface area contributed by atoms with Gasteiger partial charge < -0.3 is 33.8 Å². The van der Waals surface area contributed by atoms with Gasteiger partial charge in [0.1, 0.15) is 19.3 Å². The maximum absolute atomic E-state index is 13.2. The molecule has 0 spiro atoms. The Kier molecular flexibility index (Phi) is 83.0. The number of phosphoric ester groups is 2. The van der Waals surface area contributed by atoms with Gasteiger partial charge in [0.15, 0.2) is 12.2 Å². The van der Waals surface area contributed by atoms with Gasteiger partial charge in [0.05, 0.1) is 26.4 Å². The molecule has 0 heterocycles. The molecule has 0 aliphatic heterocycles. The highest BCUT2D eigenvalue weighted by molar-refractivity contribution is 7.47. The molecule has 0 fully saturated rings. The topological polar surface area (TPSA) is 237 Å². The third-order valence-electron chi connectivity index (χ3n) is 21.8. The van der Waals surface area contributed by atoms with Crippen LogP contribution in [0, 0.1) is 5.92 Å². The van der Waals surface area contributed by atoms with Crippen LogP contribution in [-0.2, 0) is 65.4 Å². The van der Waals surface area contributed by atoms with Gasteiger partial charge in [-0.3, -0.25) is 37.3 Å². The molecule has 0 aromatic rings. The van der Waals surface area contributed by atoms with E-state index >= 15 is 0 Å². The van der Waals surface area contributed by atoms with Gasteiger partial charge in [0, 0.05) is 25.7 Å². The minimum absolute atomic E-state index is 0.108. The summed E-state index contributed by atoms with van der Waals surface area (Å²) in [6.07, 6.45) is 81.0. The number of aliphatic hydroxyl groups excluding tert-OH is 1. The molecule has 0 aliphatic carbocycles. The molecule has 660 valence electrons. The molecule has 0 bridgehead atoms. The molecule has 0 aromatic carbocycles. The number of esters is 4. The second-order valence-electron chi connectivity index (χ2n) is 33.5. The van der Waals surface area contributed by atoms with Crippen molar-refractivity contribution >= 4 is 39.5 Å². The van der Waals surface area contributed by atoms with Crippen molar-refractivity contribution in [2.45, 2.75) is 522 Å². The molecule has 111 heavy (non-hydrogen) atoms. The summed E-state index contributed by atoms with van der Waals surface area (Å²) in [6, 6.07) is 0. The number of rotatable bonds is 92. The van der Waals surface area contributed by atoms with E-state index in [0.717, 1.165) is 96.3 Å². The van der Waals surface area contributed by atoms with Crippen molar-refractivity contribution in [3.8, 4) is 0 Å². The second kappa shape index (κ2) is 84.5. The van der Waals surface area contributed by atoms with Crippen LogP contribution in [0.15, 0.2) is 0 Å². The smallest absolute Gasteiger partial charge is 0.462 e. The first kappa shape index (κ1) is 109. The van der Waals surface area contributed by atoms with Crippen molar-refractivity contribution in [3.63, 3.8) is 0 Å². The summed E-state index contributed by atoms with van der Waals surface area (Å²) in [6.45, 7) is 7.34. The standard InChI is InChI=1S/C92H180O17P2/c1-6-9-12-15-18-21-24-27-30-33-35-37-39-41-44-46-49-52-55-60-65-70-75-89(94)102-81-87(108-91(96)77-73-68-62-57-54-51-48-45-42-40-38-36-34-31-28-25-22-19-16-13-10-7-2)83-106-110(98,99)104-79-86(93)80-105-111(100,101)107-84-88(82-103-90(95)76-71-66-63-58-59-64-69-74-85(4)5)109-92(97)78-72-67-61-56-53-50-47-43-32-29-26-23-20-17-14-11-8-3/h85-88,93H,6-84H2,1-5H3,(H,98,99)(H,100,101)/t86-,87-,88-/m1/s1. The molecule has 0 aromatic heterocycles. The van der Waals surface area contributed by atoms with E-state index in [-0.39, 0.29) is 25.7 Å². The number of phosphoric acid groups is 2. The highest BCUT2D eigenvalue weighted by Crippen LogP contribution is 2.45. The number of hydrogen-bond acceptors (Lipinski definition) is 15. The second-order valence-corrected chi connectivity index (χ2v) is 36.4. The SMILES string of the molecule is CCCCCCCCCCCCCCCCCCCCCCCCC(=O)OC[C@H](COP(=O)(O)OC[C@@H](O)COP(=O)(O)OC[C@@H](COC(=O)CCCCCCCCCC(C)C)OC(=O)CCCCCCCCCCCCCCCCCCC)OC(=O)CCCCCCCCCCCCCCCCCCCCCCCC. The summed E-state index contributed by atoms with van der Waals surface area (Å²) in [4.78, 5) is 73.4. The van der Waals surface area contributed by atoms with Crippen molar-refractivity contribution in [2.24, 2.45) is 5.92 Å². The van der Waals surface area contributed by atoms with E-state index in [4.69, 9.17) is 37.0 Å². The van der Waals surface area contributed by atoms with Crippen LogP contribution in [-0.4, -0.2) is 96.7 Å². The van der Waals surface area contributed by atoms with E-state index in [0.29, 0.717) is 31.6 Å². The Morgan fingerprint density at radius 2 is 0.414 bits per heavy atom. The van der Waals surface area contributed by atoms with Gasteiger partial charge in [-0.1, -0.05) is 452 Å².